The van der Waals surface area contributed by atoms with Crippen LogP contribution in [-0.2, 0) is 5.60 Å². The summed E-state index contributed by atoms with van der Waals surface area (Å²) in [6, 6.07) is 16.0. The molecule has 3 heteroatoms. The third-order valence-electron chi connectivity index (χ3n) is 4.94. The molecule has 2 unspecified atom stereocenters. The van der Waals surface area contributed by atoms with Crippen LogP contribution in [0.5, 0.6) is 0 Å². The summed E-state index contributed by atoms with van der Waals surface area (Å²) in [5.41, 5.74) is 0.608. The molecule has 1 aliphatic rings. The van der Waals surface area contributed by atoms with Crippen molar-refractivity contribution in [3.05, 3.63) is 66.0 Å². The van der Waals surface area contributed by atoms with E-state index < -0.39 is 5.60 Å². The van der Waals surface area contributed by atoms with Gasteiger partial charge in [-0.05, 0) is 50.6 Å². The summed E-state index contributed by atoms with van der Waals surface area (Å²) in [7, 11) is 0. The number of aliphatic hydroxyl groups is 1. The zero-order valence-corrected chi connectivity index (χ0v) is 13.9. The van der Waals surface area contributed by atoms with Crippen LogP contribution in [0, 0.1) is 0 Å². The van der Waals surface area contributed by atoms with E-state index in [2.05, 4.69) is 16.8 Å². The zero-order valence-electron chi connectivity index (χ0n) is 13.9. The van der Waals surface area contributed by atoms with Gasteiger partial charge in [0.25, 0.3) is 0 Å². The van der Waals surface area contributed by atoms with Crippen LogP contribution >= 0.6 is 0 Å². The van der Waals surface area contributed by atoms with Gasteiger partial charge in [0.15, 0.2) is 0 Å². The van der Waals surface area contributed by atoms with Gasteiger partial charge in [-0.1, -0.05) is 42.8 Å². The molecule has 0 spiro atoms. The Morgan fingerprint density at radius 3 is 2.39 bits per heavy atom. The Morgan fingerprint density at radius 1 is 1.04 bits per heavy atom. The van der Waals surface area contributed by atoms with Crippen molar-refractivity contribution in [2.45, 2.75) is 44.2 Å². The molecule has 1 aromatic carbocycles. The van der Waals surface area contributed by atoms with Gasteiger partial charge in [-0.3, -0.25) is 4.98 Å². The van der Waals surface area contributed by atoms with Crippen LogP contribution < -0.4 is 0 Å². The Labute approximate surface area is 139 Å². The average Bonchev–Trinajstić information content (AvgIpc) is 2.64. The highest BCUT2D eigenvalue weighted by Gasteiger charge is 2.36. The lowest BCUT2D eigenvalue weighted by molar-refractivity contribution is 0.0288. The third-order valence-corrected chi connectivity index (χ3v) is 4.94. The van der Waals surface area contributed by atoms with Gasteiger partial charge in [-0.25, -0.2) is 0 Å². The quantitative estimate of drug-likeness (QED) is 0.917. The monoisotopic (exact) mass is 310 g/mol. The average molecular weight is 310 g/mol. The number of hydrogen-bond acceptors (Lipinski definition) is 3. The third kappa shape index (κ3) is 3.62. The van der Waals surface area contributed by atoms with E-state index in [0.717, 1.165) is 24.3 Å². The Hall–Kier alpha value is -1.71. The van der Waals surface area contributed by atoms with Gasteiger partial charge in [0.2, 0.25) is 0 Å². The van der Waals surface area contributed by atoms with Crippen molar-refractivity contribution in [2.75, 3.05) is 13.1 Å². The number of piperidine rings is 1. The summed E-state index contributed by atoms with van der Waals surface area (Å²) in [5, 5.41) is 11.6. The largest absolute Gasteiger partial charge is 0.379 e. The fourth-order valence-corrected chi connectivity index (χ4v) is 3.61. The van der Waals surface area contributed by atoms with E-state index in [0.29, 0.717) is 12.5 Å². The van der Waals surface area contributed by atoms with E-state index in [4.69, 9.17) is 0 Å². The van der Waals surface area contributed by atoms with Gasteiger partial charge in [0, 0.05) is 18.7 Å². The van der Waals surface area contributed by atoms with Crippen LogP contribution in [0.25, 0.3) is 0 Å². The highest BCUT2D eigenvalue weighted by molar-refractivity contribution is 5.32. The second-order valence-corrected chi connectivity index (χ2v) is 6.59. The Bertz CT molecular complexity index is 554. The highest BCUT2D eigenvalue weighted by Crippen LogP contribution is 2.34. The number of likely N-dealkylation sites (tertiary alicyclic amines) is 1. The Morgan fingerprint density at radius 2 is 1.74 bits per heavy atom. The minimum atomic E-state index is -1.04. The molecule has 2 aromatic rings. The van der Waals surface area contributed by atoms with Crippen LogP contribution in [0.3, 0.4) is 0 Å². The molecule has 1 N–H and O–H groups in total. The van der Waals surface area contributed by atoms with Crippen LogP contribution in [0.2, 0.25) is 0 Å². The smallest absolute Gasteiger partial charge is 0.133 e. The molecule has 1 aliphatic heterocycles. The first-order valence-corrected chi connectivity index (χ1v) is 8.63. The van der Waals surface area contributed by atoms with Crippen molar-refractivity contribution in [1.29, 1.82) is 0 Å². The summed E-state index contributed by atoms with van der Waals surface area (Å²) >= 11 is 0. The number of pyridine rings is 1. The molecule has 2 atom stereocenters. The number of nitrogens with zero attached hydrogens (tertiary/aromatic N) is 2. The van der Waals surface area contributed by atoms with Gasteiger partial charge < -0.3 is 10.0 Å². The van der Waals surface area contributed by atoms with Gasteiger partial charge in [0.05, 0.1) is 5.69 Å². The molecule has 0 amide bonds. The lowest BCUT2D eigenvalue weighted by atomic mass is 9.83. The maximum atomic E-state index is 11.6. The molecule has 0 saturated carbocycles. The van der Waals surface area contributed by atoms with Crippen molar-refractivity contribution in [3.8, 4) is 0 Å². The number of rotatable bonds is 5. The van der Waals surface area contributed by atoms with E-state index in [-0.39, 0.29) is 0 Å². The van der Waals surface area contributed by atoms with Gasteiger partial charge >= 0.3 is 0 Å². The number of aromatic nitrogens is 1. The summed E-state index contributed by atoms with van der Waals surface area (Å²) in [5.74, 6) is 0. The van der Waals surface area contributed by atoms with Crippen molar-refractivity contribution in [1.82, 2.24) is 9.88 Å². The predicted molar refractivity (Wildman–Crippen MR) is 93.2 cm³/mol. The molecule has 1 fully saturated rings. The first-order chi connectivity index (χ1) is 11.2. The van der Waals surface area contributed by atoms with Crippen LogP contribution in [0.1, 0.15) is 43.9 Å². The van der Waals surface area contributed by atoms with Gasteiger partial charge in [-0.2, -0.15) is 0 Å². The summed E-state index contributed by atoms with van der Waals surface area (Å²) < 4.78 is 0. The Balaban J connectivity index is 1.89. The highest BCUT2D eigenvalue weighted by atomic mass is 16.3. The first-order valence-electron chi connectivity index (χ1n) is 8.63. The summed E-state index contributed by atoms with van der Waals surface area (Å²) in [4.78, 5) is 6.96. The second kappa shape index (κ2) is 7.24. The maximum absolute atomic E-state index is 11.6. The van der Waals surface area contributed by atoms with Crippen molar-refractivity contribution in [2.24, 2.45) is 0 Å². The van der Waals surface area contributed by atoms with Gasteiger partial charge in [0.1, 0.15) is 5.60 Å². The topological polar surface area (TPSA) is 36.4 Å². The fourth-order valence-electron chi connectivity index (χ4n) is 3.61. The van der Waals surface area contributed by atoms with Gasteiger partial charge in [-0.15, -0.1) is 0 Å². The number of hydrogen-bond donors (Lipinski definition) is 1. The van der Waals surface area contributed by atoms with Crippen LogP contribution in [-0.4, -0.2) is 34.1 Å². The lowest BCUT2D eigenvalue weighted by Gasteiger charge is -2.38. The van der Waals surface area contributed by atoms with E-state index in [1.165, 1.54) is 19.3 Å². The van der Waals surface area contributed by atoms with Crippen molar-refractivity contribution >= 4 is 0 Å². The van der Waals surface area contributed by atoms with Crippen LogP contribution in [0.4, 0.5) is 0 Å². The molecule has 3 nitrogen and oxygen atoms in total. The molecule has 122 valence electrons. The van der Waals surface area contributed by atoms with Crippen molar-refractivity contribution in [3.63, 3.8) is 0 Å². The molecule has 1 saturated heterocycles. The second-order valence-electron chi connectivity index (χ2n) is 6.59. The normalized spacial score (nSPS) is 19.9. The molecule has 0 radical (unpaired) electrons. The molecular weight excluding hydrogens is 284 g/mol. The molecule has 3 rings (SSSR count). The summed E-state index contributed by atoms with van der Waals surface area (Å²) in [6.07, 6.45) is 6.27. The van der Waals surface area contributed by atoms with E-state index in [1.807, 2.05) is 48.5 Å². The first kappa shape index (κ1) is 16.2. The predicted octanol–water partition coefficient (Wildman–Crippen LogP) is 3.58. The molecule has 0 bridgehead atoms. The molecule has 1 aromatic heterocycles. The minimum Gasteiger partial charge on any atom is -0.379 e. The SMILES string of the molecule is CC(CC(O)(c1ccccc1)c1ccccn1)N1CCCCC1. The standard InChI is InChI=1S/C20H26N2O/c1-17(22-14-8-3-9-15-22)16-20(23,18-10-4-2-5-11-18)19-12-6-7-13-21-19/h2,4-7,10-13,17,23H,3,8-9,14-16H2,1H3. The summed E-state index contributed by atoms with van der Waals surface area (Å²) in [6.45, 7) is 4.49. The van der Waals surface area contributed by atoms with E-state index in [1.54, 1.807) is 6.20 Å². The van der Waals surface area contributed by atoms with E-state index >= 15 is 0 Å². The molecule has 23 heavy (non-hydrogen) atoms. The van der Waals surface area contributed by atoms with E-state index in [9.17, 15) is 5.11 Å². The molecule has 2 heterocycles. The van der Waals surface area contributed by atoms with Crippen LogP contribution in [0.15, 0.2) is 54.7 Å². The minimum absolute atomic E-state index is 0.322. The Kier molecular flexibility index (Phi) is 5.09. The molecular formula is C20H26N2O. The fraction of sp³-hybridized carbons (Fsp3) is 0.450. The molecule has 0 aliphatic carbocycles. The number of benzene rings is 1. The van der Waals surface area contributed by atoms with Crippen molar-refractivity contribution < 1.29 is 5.11 Å². The zero-order chi connectivity index (χ0) is 16.1. The maximum Gasteiger partial charge on any atom is 0.133 e. The lowest BCUT2D eigenvalue weighted by Crippen LogP contribution is -2.43.